The first-order chi connectivity index (χ1) is 10.0. The number of benzene rings is 2. The number of carboxylic acids is 2. The van der Waals surface area contributed by atoms with E-state index in [1.165, 1.54) is 48.5 Å². The van der Waals surface area contributed by atoms with Gasteiger partial charge in [0.2, 0.25) is 0 Å². The van der Waals surface area contributed by atoms with E-state index in [4.69, 9.17) is 10.2 Å². The predicted octanol–water partition coefficient (Wildman–Crippen LogP) is 3.01. The Morgan fingerprint density at radius 1 is 0.905 bits per heavy atom. The topological polar surface area (TPSA) is 113 Å². The van der Waals surface area contributed by atoms with E-state index >= 15 is 0 Å². The van der Waals surface area contributed by atoms with Crippen molar-refractivity contribution in [2.75, 3.05) is 0 Å². The van der Waals surface area contributed by atoms with Crippen molar-refractivity contribution < 1.29 is 24.7 Å². The van der Waals surface area contributed by atoms with Crippen LogP contribution in [0.1, 0.15) is 20.7 Å². The van der Waals surface area contributed by atoms with E-state index in [-0.39, 0.29) is 27.4 Å². The van der Waals surface area contributed by atoms with Gasteiger partial charge in [-0.2, -0.15) is 0 Å². The third kappa shape index (κ3) is 3.03. The fourth-order valence-corrected chi connectivity index (χ4v) is 1.71. The minimum absolute atomic E-state index is 0.0554. The Bertz CT molecular complexity index is 740. The Labute approximate surface area is 119 Å². The van der Waals surface area contributed by atoms with Gasteiger partial charge in [-0.15, -0.1) is 0 Å². The van der Waals surface area contributed by atoms with E-state index in [0.29, 0.717) is 0 Å². The van der Waals surface area contributed by atoms with Gasteiger partial charge in [0.15, 0.2) is 0 Å². The molecule has 2 aromatic carbocycles. The van der Waals surface area contributed by atoms with Gasteiger partial charge >= 0.3 is 11.9 Å². The largest absolute Gasteiger partial charge is 0.594 e. The van der Waals surface area contributed by atoms with Crippen LogP contribution in [0.3, 0.4) is 0 Å². The molecule has 21 heavy (non-hydrogen) atoms. The van der Waals surface area contributed by atoms with Gasteiger partial charge in [-0.3, -0.25) is 0 Å². The first-order valence-electron chi connectivity index (χ1n) is 5.84. The zero-order valence-corrected chi connectivity index (χ0v) is 10.6. The lowest BCUT2D eigenvalue weighted by Crippen LogP contribution is -2.03. The number of carbonyl (C=O) groups is 2. The molecule has 0 unspecified atom stereocenters. The van der Waals surface area contributed by atoms with E-state index < -0.39 is 11.9 Å². The molecular formula is C14H10N2O5. The lowest BCUT2D eigenvalue weighted by molar-refractivity contribution is -0.435. The van der Waals surface area contributed by atoms with E-state index in [1.54, 1.807) is 0 Å². The van der Waals surface area contributed by atoms with Crippen molar-refractivity contribution >= 4 is 23.3 Å². The molecule has 106 valence electrons. The summed E-state index contributed by atoms with van der Waals surface area (Å²) in [5.41, 5.74) is -0.597. The average molecular weight is 286 g/mol. The monoisotopic (exact) mass is 286 g/mol. The van der Waals surface area contributed by atoms with Crippen LogP contribution in [0.4, 0.5) is 11.4 Å². The molecule has 0 aromatic heterocycles. The number of hydrogen-bond donors (Lipinski definition) is 2. The first-order valence-corrected chi connectivity index (χ1v) is 5.84. The van der Waals surface area contributed by atoms with Gasteiger partial charge in [0, 0.05) is 11.2 Å². The Morgan fingerprint density at radius 3 is 2.05 bits per heavy atom. The van der Waals surface area contributed by atoms with Crippen molar-refractivity contribution in [3.05, 3.63) is 64.9 Å². The molecule has 0 amide bonds. The third-order valence-corrected chi connectivity index (χ3v) is 2.67. The molecule has 0 atom stereocenters. The number of azo groups is 1. The van der Waals surface area contributed by atoms with Crippen LogP contribution >= 0.6 is 0 Å². The van der Waals surface area contributed by atoms with Crippen molar-refractivity contribution in [1.82, 2.24) is 0 Å². The molecule has 0 radical (unpaired) electrons. The summed E-state index contributed by atoms with van der Waals surface area (Å²) in [4.78, 5) is 22.2. The molecule has 0 saturated carbocycles. The second kappa shape index (κ2) is 5.83. The zero-order chi connectivity index (χ0) is 15.4. The second-order valence-corrected chi connectivity index (χ2v) is 4.02. The minimum atomic E-state index is -1.27. The lowest BCUT2D eigenvalue weighted by atomic mass is 10.2. The molecule has 2 N–H and O–H groups in total. The molecular weight excluding hydrogens is 276 g/mol. The fraction of sp³-hybridized carbons (Fsp3) is 0. The van der Waals surface area contributed by atoms with Gasteiger partial charge in [-0.1, -0.05) is 24.3 Å². The maximum Gasteiger partial charge on any atom is 0.342 e. The highest BCUT2D eigenvalue weighted by Crippen LogP contribution is 2.24. The molecule has 0 aliphatic carbocycles. The van der Waals surface area contributed by atoms with Crippen LogP contribution in [0.15, 0.2) is 53.6 Å². The third-order valence-electron chi connectivity index (χ3n) is 2.67. The number of para-hydroxylation sites is 1. The Balaban J connectivity index is 2.53. The fourth-order valence-electron chi connectivity index (χ4n) is 1.71. The Morgan fingerprint density at radius 2 is 1.43 bits per heavy atom. The van der Waals surface area contributed by atoms with Gasteiger partial charge in [-0.05, 0) is 23.1 Å². The first kappa shape index (κ1) is 14.2. The summed E-state index contributed by atoms with van der Waals surface area (Å²) < 4.78 is 0. The highest BCUT2D eigenvalue weighted by Gasteiger charge is 2.18. The summed E-state index contributed by atoms with van der Waals surface area (Å²) in [5.74, 6) is -2.50. The quantitative estimate of drug-likeness (QED) is 0.509. The highest BCUT2D eigenvalue weighted by atomic mass is 16.5. The molecule has 7 nitrogen and oxygen atoms in total. The van der Waals surface area contributed by atoms with Crippen LogP contribution in [-0.4, -0.2) is 27.0 Å². The summed E-state index contributed by atoms with van der Waals surface area (Å²) in [6, 6.07) is 11.2. The second-order valence-electron chi connectivity index (χ2n) is 4.02. The summed E-state index contributed by atoms with van der Waals surface area (Å²) in [6.07, 6.45) is 0. The van der Waals surface area contributed by atoms with Crippen LogP contribution in [0.25, 0.3) is 0 Å². The number of nitrogens with zero attached hydrogens (tertiary/aromatic N) is 2. The molecule has 0 heterocycles. The maximum atomic E-state index is 12.0. The standard InChI is InChI=1S/C14H10N2O5/c17-13(18)9-5-1-3-7-11(9)15-16(21)12-8-4-2-6-10(12)14(19)20/h1-8H,(H,17,18)(H,19,20). The highest BCUT2D eigenvalue weighted by molar-refractivity contribution is 5.93. The van der Waals surface area contributed by atoms with Gasteiger partial charge in [-0.25, -0.2) is 9.59 Å². The van der Waals surface area contributed by atoms with Crippen LogP contribution in [0.5, 0.6) is 0 Å². The number of carboxylic acid groups (broad SMARTS) is 2. The van der Waals surface area contributed by atoms with Crippen LogP contribution < -0.4 is 0 Å². The van der Waals surface area contributed by atoms with Crippen molar-refractivity contribution in [3.8, 4) is 0 Å². The van der Waals surface area contributed by atoms with Crippen molar-refractivity contribution in [2.45, 2.75) is 0 Å². The normalized spacial score (nSPS) is 11.1. The van der Waals surface area contributed by atoms with E-state index in [1.807, 2.05) is 0 Å². The predicted molar refractivity (Wildman–Crippen MR) is 72.2 cm³/mol. The van der Waals surface area contributed by atoms with Gasteiger partial charge in [0.1, 0.15) is 11.3 Å². The number of hydrogen-bond acceptors (Lipinski definition) is 4. The molecule has 0 spiro atoms. The van der Waals surface area contributed by atoms with Gasteiger partial charge < -0.3 is 15.4 Å². The summed E-state index contributed by atoms with van der Waals surface area (Å²) in [6.45, 7) is 0. The maximum absolute atomic E-state index is 12.0. The van der Waals surface area contributed by atoms with E-state index in [2.05, 4.69) is 5.11 Å². The molecule has 0 saturated heterocycles. The minimum Gasteiger partial charge on any atom is -0.594 e. The van der Waals surface area contributed by atoms with Crippen LogP contribution in [0.2, 0.25) is 0 Å². The molecule has 0 aliphatic rings. The van der Waals surface area contributed by atoms with Crippen molar-refractivity contribution in [3.63, 3.8) is 0 Å². The average Bonchev–Trinajstić information content (AvgIpc) is 2.47. The van der Waals surface area contributed by atoms with Gasteiger partial charge in [0.25, 0.3) is 5.69 Å². The Kier molecular flexibility index (Phi) is 3.94. The van der Waals surface area contributed by atoms with Crippen molar-refractivity contribution in [1.29, 1.82) is 0 Å². The van der Waals surface area contributed by atoms with Crippen LogP contribution in [-0.2, 0) is 0 Å². The molecule has 7 heteroatoms. The lowest BCUT2D eigenvalue weighted by Gasteiger charge is -2.04. The number of rotatable bonds is 4. The molecule has 0 fully saturated rings. The van der Waals surface area contributed by atoms with Crippen LogP contribution in [0, 0.1) is 5.21 Å². The summed E-state index contributed by atoms with van der Waals surface area (Å²) in [5, 5.41) is 33.7. The molecule has 0 aliphatic heterocycles. The Hall–Kier alpha value is -3.22. The van der Waals surface area contributed by atoms with Gasteiger partial charge in [0.05, 0.1) is 5.56 Å². The molecule has 2 aromatic rings. The van der Waals surface area contributed by atoms with E-state index in [0.717, 1.165) is 0 Å². The molecule has 2 rings (SSSR count). The summed E-state index contributed by atoms with van der Waals surface area (Å²) >= 11 is 0. The molecule has 0 bridgehead atoms. The van der Waals surface area contributed by atoms with E-state index in [9.17, 15) is 14.8 Å². The SMILES string of the molecule is O=C(O)c1ccccc1N=[N+]([O-])c1ccccc1C(=O)O. The number of aromatic carboxylic acids is 2. The smallest absolute Gasteiger partial charge is 0.342 e. The summed E-state index contributed by atoms with van der Waals surface area (Å²) in [7, 11) is 0. The zero-order valence-electron chi connectivity index (χ0n) is 10.6. The van der Waals surface area contributed by atoms with Crippen molar-refractivity contribution in [2.24, 2.45) is 5.11 Å².